The van der Waals surface area contributed by atoms with Gasteiger partial charge in [0.05, 0.1) is 6.54 Å². The molecule has 0 aliphatic carbocycles. The summed E-state index contributed by atoms with van der Waals surface area (Å²) in [4.78, 5) is 12.1. The molecule has 0 saturated carbocycles. The lowest BCUT2D eigenvalue weighted by molar-refractivity contribution is 0.797. The van der Waals surface area contributed by atoms with Gasteiger partial charge in [-0.25, -0.2) is 0 Å². The van der Waals surface area contributed by atoms with E-state index in [2.05, 4.69) is 22.5 Å². The Kier molecular flexibility index (Phi) is 2.83. The zero-order valence-electron chi connectivity index (χ0n) is 8.61. The highest BCUT2D eigenvalue weighted by Gasteiger charge is 2.06. The van der Waals surface area contributed by atoms with Gasteiger partial charge in [0, 0.05) is 9.87 Å². The third-order valence-corrected chi connectivity index (χ3v) is 2.63. The van der Waals surface area contributed by atoms with E-state index in [1.807, 2.05) is 18.2 Å². The van der Waals surface area contributed by atoms with Crippen molar-refractivity contribution >= 4 is 32.5 Å². The summed E-state index contributed by atoms with van der Waals surface area (Å²) in [5.41, 5.74) is 5.75. The van der Waals surface area contributed by atoms with E-state index in [-0.39, 0.29) is 5.56 Å². The van der Waals surface area contributed by atoms with Crippen LogP contribution in [0.2, 0.25) is 0 Å². The molecule has 2 rings (SSSR count). The van der Waals surface area contributed by atoms with Crippen LogP contribution in [0.5, 0.6) is 0 Å². The van der Waals surface area contributed by atoms with Gasteiger partial charge in [-0.15, -0.1) is 0 Å². The summed E-state index contributed by atoms with van der Waals surface area (Å²) in [6.45, 7) is 4.10. The highest BCUT2D eigenvalue weighted by Crippen LogP contribution is 2.15. The van der Waals surface area contributed by atoms with E-state index < -0.39 is 0 Å². The molecule has 2 aromatic rings. The Bertz CT molecular complexity index is 616. The molecule has 1 aromatic heterocycles. The summed E-state index contributed by atoms with van der Waals surface area (Å²) in [6, 6.07) is 9.19. The van der Waals surface area contributed by atoms with Gasteiger partial charge in [0.1, 0.15) is 5.82 Å². The van der Waals surface area contributed by atoms with E-state index >= 15 is 0 Å². The predicted octanol–water partition coefficient (Wildman–Crippen LogP) is 2.49. The first-order valence-corrected chi connectivity index (χ1v) is 5.60. The summed E-state index contributed by atoms with van der Waals surface area (Å²) < 4.78 is 2.22. The van der Waals surface area contributed by atoms with Crippen molar-refractivity contribution in [3.05, 3.63) is 51.7 Å². The first-order chi connectivity index (χ1) is 7.59. The molecular weight excluding hydrogens is 268 g/mol. The molecule has 0 aliphatic heterocycles. The van der Waals surface area contributed by atoms with E-state index in [9.17, 15) is 4.79 Å². The number of halogens is 1. The van der Waals surface area contributed by atoms with Crippen LogP contribution in [0.4, 0.5) is 5.82 Å². The molecule has 0 amide bonds. The maximum absolute atomic E-state index is 12.1. The lowest BCUT2D eigenvalue weighted by Gasteiger charge is -2.10. The quantitative estimate of drug-likeness (QED) is 0.918. The van der Waals surface area contributed by atoms with Crippen molar-refractivity contribution in [2.45, 2.75) is 6.54 Å². The molecule has 0 saturated heterocycles. The third kappa shape index (κ3) is 1.88. The maximum atomic E-state index is 12.1. The Balaban J connectivity index is 2.76. The Labute approximate surface area is 101 Å². The van der Waals surface area contributed by atoms with E-state index in [0.29, 0.717) is 17.7 Å². The van der Waals surface area contributed by atoms with Crippen LogP contribution in [0.3, 0.4) is 0 Å². The average Bonchev–Trinajstić information content (AvgIpc) is 2.24. The smallest absolute Gasteiger partial charge is 0.260 e. The molecule has 16 heavy (non-hydrogen) atoms. The number of fused-ring (bicyclic) bond motifs is 1. The van der Waals surface area contributed by atoms with E-state index in [1.165, 1.54) is 4.57 Å². The predicted molar refractivity (Wildman–Crippen MR) is 70.7 cm³/mol. The second kappa shape index (κ2) is 4.14. The molecule has 0 radical (unpaired) electrons. The van der Waals surface area contributed by atoms with Crippen molar-refractivity contribution < 1.29 is 0 Å². The number of benzene rings is 1. The summed E-state index contributed by atoms with van der Waals surface area (Å²) in [5.74, 6) is 0.448. The van der Waals surface area contributed by atoms with Gasteiger partial charge in [0.25, 0.3) is 5.56 Å². The monoisotopic (exact) mass is 278 g/mol. The molecule has 1 heterocycles. The van der Waals surface area contributed by atoms with Crippen molar-refractivity contribution in [2.75, 3.05) is 5.73 Å². The highest BCUT2D eigenvalue weighted by molar-refractivity contribution is 9.11. The molecule has 82 valence electrons. The number of nitrogens with zero attached hydrogens (tertiary/aromatic N) is 1. The molecule has 3 nitrogen and oxygen atoms in total. The second-order valence-corrected chi connectivity index (χ2v) is 4.69. The van der Waals surface area contributed by atoms with Crippen molar-refractivity contribution in [1.82, 2.24) is 4.57 Å². The summed E-state index contributed by atoms with van der Waals surface area (Å²) >= 11 is 3.23. The number of anilines is 1. The van der Waals surface area contributed by atoms with Gasteiger partial charge in [-0.2, -0.15) is 0 Å². The molecule has 0 unspecified atom stereocenters. The van der Waals surface area contributed by atoms with Gasteiger partial charge in [-0.1, -0.05) is 40.7 Å². The molecule has 0 atom stereocenters. The largest absolute Gasteiger partial charge is 0.385 e. The summed E-state index contributed by atoms with van der Waals surface area (Å²) in [6.07, 6.45) is 0. The number of nitrogen functional groups attached to an aromatic ring is 1. The van der Waals surface area contributed by atoms with Gasteiger partial charge in [-0.3, -0.25) is 9.36 Å². The Morgan fingerprint density at radius 3 is 2.81 bits per heavy atom. The van der Waals surface area contributed by atoms with Gasteiger partial charge in [-0.05, 0) is 17.5 Å². The fourth-order valence-corrected chi connectivity index (χ4v) is 1.90. The topological polar surface area (TPSA) is 48.0 Å². The van der Waals surface area contributed by atoms with Gasteiger partial charge in [0.15, 0.2) is 0 Å². The molecule has 0 bridgehead atoms. The number of aromatic nitrogens is 1. The molecule has 4 heteroatoms. The van der Waals surface area contributed by atoms with Crippen LogP contribution in [0.1, 0.15) is 0 Å². The first kappa shape index (κ1) is 11.0. The Hall–Kier alpha value is -1.55. The van der Waals surface area contributed by atoms with Crippen molar-refractivity contribution in [3.8, 4) is 0 Å². The molecule has 1 aromatic carbocycles. The number of rotatable bonds is 2. The van der Waals surface area contributed by atoms with Crippen LogP contribution in [0.25, 0.3) is 10.8 Å². The fraction of sp³-hybridized carbons (Fsp3) is 0.0833. The maximum Gasteiger partial charge on any atom is 0.260 e. The zero-order chi connectivity index (χ0) is 11.7. The second-order valence-electron chi connectivity index (χ2n) is 3.57. The minimum atomic E-state index is -0.0869. The highest BCUT2D eigenvalue weighted by atomic mass is 79.9. The van der Waals surface area contributed by atoms with E-state index in [4.69, 9.17) is 5.73 Å². The molecule has 0 fully saturated rings. The van der Waals surface area contributed by atoms with Gasteiger partial charge < -0.3 is 5.73 Å². The normalized spacial score (nSPS) is 10.6. The zero-order valence-corrected chi connectivity index (χ0v) is 10.2. The number of pyridine rings is 1. The molecule has 0 aliphatic rings. The van der Waals surface area contributed by atoms with Crippen LogP contribution >= 0.6 is 15.9 Å². The number of hydrogen-bond donors (Lipinski definition) is 1. The molecule has 0 spiro atoms. The SMILES string of the molecule is C=C(Br)Cn1c(N)cc2ccccc2c1=O. The van der Waals surface area contributed by atoms with Gasteiger partial charge >= 0.3 is 0 Å². The lowest BCUT2D eigenvalue weighted by atomic mass is 10.1. The van der Waals surface area contributed by atoms with Crippen LogP contribution in [0.15, 0.2) is 46.2 Å². The minimum absolute atomic E-state index is 0.0869. The van der Waals surface area contributed by atoms with E-state index in [1.54, 1.807) is 12.1 Å². The lowest BCUT2D eigenvalue weighted by Crippen LogP contribution is -2.23. The van der Waals surface area contributed by atoms with Crippen molar-refractivity contribution in [1.29, 1.82) is 0 Å². The number of allylic oxidation sites excluding steroid dienone is 1. The average molecular weight is 279 g/mol. The summed E-state index contributed by atoms with van der Waals surface area (Å²) in [5, 5.41) is 1.53. The first-order valence-electron chi connectivity index (χ1n) is 4.81. The Morgan fingerprint density at radius 2 is 2.12 bits per heavy atom. The van der Waals surface area contributed by atoms with Crippen molar-refractivity contribution in [2.24, 2.45) is 0 Å². The van der Waals surface area contributed by atoms with Gasteiger partial charge in [0.2, 0.25) is 0 Å². The van der Waals surface area contributed by atoms with Crippen LogP contribution in [0, 0.1) is 0 Å². The minimum Gasteiger partial charge on any atom is -0.385 e. The number of nitrogens with two attached hydrogens (primary N) is 1. The standard InChI is InChI=1S/C12H11BrN2O/c1-8(13)7-15-11(14)6-9-4-2-3-5-10(9)12(15)16/h2-6H,1,7,14H2. The van der Waals surface area contributed by atoms with E-state index in [0.717, 1.165) is 9.87 Å². The van der Waals surface area contributed by atoms with Crippen LogP contribution < -0.4 is 11.3 Å². The summed E-state index contributed by atoms with van der Waals surface area (Å²) in [7, 11) is 0. The van der Waals surface area contributed by atoms with Crippen LogP contribution in [-0.2, 0) is 6.54 Å². The fourth-order valence-electron chi connectivity index (χ4n) is 1.65. The Morgan fingerprint density at radius 1 is 1.44 bits per heavy atom. The number of hydrogen-bond acceptors (Lipinski definition) is 2. The third-order valence-electron chi connectivity index (χ3n) is 2.38. The van der Waals surface area contributed by atoms with Crippen LogP contribution in [-0.4, -0.2) is 4.57 Å². The molecule has 2 N–H and O–H groups in total. The molecular formula is C12H11BrN2O. The van der Waals surface area contributed by atoms with Crippen molar-refractivity contribution in [3.63, 3.8) is 0 Å².